The Morgan fingerprint density at radius 2 is 1.90 bits per heavy atom. The molecular formula is C31H27BrN4O4. The summed E-state index contributed by atoms with van der Waals surface area (Å²) in [5, 5.41) is 21.9. The van der Waals surface area contributed by atoms with Crippen LogP contribution >= 0.6 is 15.9 Å². The molecule has 8 nitrogen and oxygen atoms in total. The van der Waals surface area contributed by atoms with Gasteiger partial charge in [-0.3, -0.25) is 19.8 Å². The number of nitro benzene ring substituents is 1. The molecule has 1 heterocycles. The molecule has 5 rings (SSSR count). The molecule has 40 heavy (non-hydrogen) atoms. The Labute approximate surface area is 240 Å². The fourth-order valence-electron chi connectivity index (χ4n) is 5.54. The van der Waals surface area contributed by atoms with Gasteiger partial charge in [-0.05, 0) is 73.7 Å². The van der Waals surface area contributed by atoms with Gasteiger partial charge >= 0.3 is 0 Å². The van der Waals surface area contributed by atoms with Crippen LogP contribution in [-0.2, 0) is 11.4 Å². The average Bonchev–Trinajstić information content (AvgIpc) is 2.93. The average molecular weight is 599 g/mol. The fourth-order valence-corrected chi connectivity index (χ4v) is 5.81. The molecular weight excluding hydrogens is 572 g/mol. The lowest BCUT2D eigenvalue weighted by Gasteiger charge is -2.40. The number of nitrogens with zero attached hydrogens (tertiary/aromatic N) is 3. The maximum Gasteiger partial charge on any atom is 0.271 e. The Kier molecular flexibility index (Phi) is 7.46. The number of carbonyl (C=O) groups excluding carboxylic acids is 1. The van der Waals surface area contributed by atoms with Crippen molar-refractivity contribution in [3.63, 3.8) is 0 Å². The van der Waals surface area contributed by atoms with Crippen LogP contribution in [0.4, 0.5) is 11.4 Å². The van der Waals surface area contributed by atoms with Gasteiger partial charge in [0.25, 0.3) is 5.69 Å². The van der Waals surface area contributed by atoms with Crippen molar-refractivity contribution < 1.29 is 14.5 Å². The molecule has 0 radical (unpaired) electrons. The van der Waals surface area contributed by atoms with Crippen molar-refractivity contribution in [3.05, 3.63) is 120 Å². The van der Waals surface area contributed by atoms with Gasteiger partial charge in [-0.1, -0.05) is 39.7 Å². The third kappa shape index (κ3) is 4.98. The summed E-state index contributed by atoms with van der Waals surface area (Å²) in [7, 11) is 0. The molecule has 1 atom stereocenters. The van der Waals surface area contributed by atoms with Gasteiger partial charge in [0.05, 0.1) is 28.2 Å². The van der Waals surface area contributed by atoms with E-state index >= 15 is 0 Å². The van der Waals surface area contributed by atoms with Crippen molar-refractivity contribution in [2.24, 2.45) is 5.73 Å². The number of nitro groups is 1. The second-order valence-electron chi connectivity index (χ2n) is 9.97. The molecule has 0 saturated carbocycles. The van der Waals surface area contributed by atoms with Crippen molar-refractivity contribution in [2.45, 2.75) is 45.6 Å². The SMILES string of the molecule is Cc1cc(COc2ccc(Br)cc2)c(C)c(C2C(C#N)=C(N)N(c3cccc([N+](=O)[O-])c3)C3=C2C(=O)CCC3)c1. The monoisotopic (exact) mass is 598 g/mol. The Hall–Kier alpha value is -4.42. The fraction of sp³-hybridized carbons (Fsp3) is 0.226. The predicted molar refractivity (Wildman–Crippen MR) is 155 cm³/mol. The van der Waals surface area contributed by atoms with E-state index in [4.69, 9.17) is 10.5 Å². The molecule has 202 valence electrons. The number of rotatable bonds is 6. The van der Waals surface area contributed by atoms with E-state index in [1.54, 1.807) is 17.0 Å². The molecule has 3 aromatic carbocycles. The second kappa shape index (κ2) is 11.0. The summed E-state index contributed by atoms with van der Waals surface area (Å²) >= 11 is 3.43. The first-order valence-corrected chi connectivity index (χ1v) is 13.7. The number of nitriles is 1. The van der Waals surface area contributed by atoms with Crippen LogP contribution in [0.5, 0.6) is 5.75 Å². The predicted octanol–water partition coefficient (Wildman–Crippen LogP) is 6.86. The number of Topliss-reactive ketones (excluding diaryl/α,β-unsaturated/α-hetero) is 1. The number of halogens is 1. The van der Waals surface area contributed by atoms with Crippen molar-refractivity contribution in [2.75, 3.05) is 4.90 Å². The van der Waals surface area contributed by atoms with Crippen LogP contribution in [0, 0.1) is 35.3 Å². The maximum atomic E-state index is 13.6. The molecule has 2 N–H and O–H groups in total. The van der Waals surface area contributed by atoms with E-state index in [1.807, 2.05) is 50.2 Å². The minimum atomic E-state index is -0.644. The first-order valence-electron chi connectivity index (χ1n) is 12.9. The molecule has 2 aliphatic rings. The van der Waals surface area contributed by atoms with Crippen LogP contribution in [0.3, 0.4) is 0 Å². The lowest BCUT2D eigenvalue weighted by Crippen LogP contribution is -2.39. The van der Waals surface area contributed by atoms with Gasteiger partial charge in [0.2, 0.25) is 0 Å². The summed E-state index contributed by atoms with van der Waals surface area (Å²) in [6.07, 6.45) is 1.55. The minimum absolute atomic E-state index is 0.0458. The number of allylic oxidation sites excluding steroid dienone is 3. The number of ketones is 1. The number of aryl methyl sites for hydroxylation is 1. The molecule has 0 spiro atoms. The van der Waals surface area contributed by atoms with Gasteiger partial charge in [0.1, 0.15) is 18.2 Å². The van der Waals surface area contributed by atoms with Gasteiger partial charge in [-0.2, -0.15) is 5.26 Å². The van der Waals surface area contributed by atoms with E-state index in [-0.39, 0.29) is 22.9 Å². The summed E-state index contributed by atoms with van der Waals surface area (Å²) in [6.45, 7) is 4.26. The maximum absolute atomic E-state index is 13.6. The Balaban J connectivity index is 1.63. The zero-order valence-electron chi connectivity index (χ0n) is 22.1. The number of benzene rings is 3. The van der Waals surface area contributed by atoms with Crippen LogP contribution in [0.2, 0.25) is 0 Å². The van der Waals surface area contributed by atoms with E-state index in [2.05, 4.69) is 22.0 Å². The minimum Gasteiger partial charge on any atom is -0.489 e. The summed E-state index contributed by atoms with van der Waals surface area (Å²) in [5.41, 5.74) is 12.2. The highest BCUT2D eigenvalue weighted by atomic mass is 79.9. The number of anilines is 1. The van der Waals surface area contributed by atoms with Crippen LogP contribution in [0.15, 0.2) is 87.8 Å². The van der Waals surface area contributed by atoms with Gasteiger partial charge < -0.3 is 10.5 Å². The number of nitrogens with two attached hydrogens (primary N) is 1. The topological polar surface area (TPSA) is 122 Å². The third-order valence-electron chi connectivity index (χ3n) is 7.43. The molecule has 0 aromatic heterocycles. The number of carbonyl (C=O) groups is 1. The van der Waals surface area contributed by atoms with Gasteiger partial charge in [0.15, 0.2) is 5.78 Å². The van der Waals surface area contributed by atoms with E-state index in [0.29, 0.717) is 42.8 Å². The summed E-state index contributed by atoms with van der Waals surface area (Å²) in [6, 6.07) is 20.0. The molecule has 1 aliphatic heterocycles. The molecule has 0 saturated heterocycles. The molecule has 0 bridgehead atoms. The van der Waals surface area contributed by atoms with E-state index in [9.17, 15) is 20.2 Å². The van der Waals surface area contributed by atoms with Crippen LogP contribution in [-0.4, -0.2) is 10.7 Å². The Bertz CT molecular complexity index is 1640. The highest BCUT2D eigenvalue weighted by Gasteiger charge is 2.41. The van der Waals surface area contributed by atoms with Crippen molar-refractivity contribution in [3.8, 4) is 11.8 Å². The smallest absolute Gasteiger partial charge is 0.271 e. The largest absolute Gasteiger partial charge is 0.489 e. The van der Waals surface area contributed by atoms with Crippen molar-refractivity contribution in [1.29, 1.82) is 5.26 Å². The lowest BCUT2D eigenvalue weighted by atomic mass is 9.73. The number of non-ortho nitro benzene ring substituents is 1. The van der Waals surface area contributed by atoms with E-state index in [1.165, 1.54) is 12.1 Å². The lowest BCUT2D eigenvalue weighted by molar-refractivity contribution is -0.384. The first kappa shape index (κ1) is 27.2. The van der Waals surface area contributed by atoms with E-state index < -0.39 is 10.8 Å². The highest BCUT2D eigenvalue weighted by Crippen LogP contribution is 2.47. The molecule has 1 unspecified atom stereocenters. The van der Waals surface area contributed by atoms with Crippen LogP contribution in [0.25, 0.3) is 0 Å². The van der Waals surface area contributed by atoms with Gasteiger partial charge in [-0.25, -0.2) is 0 Å². The Morgan fingerprint density at radius 3 is 2.60 bits per heavy atom. The molecule has 0 fully saturated rings. The standard InChI is InChI=1S/C31H27BrN4O4/c1-18-13-20(17-40-24-11-9-21(32)10-12-24)19(2)25(14-18)29-26(16-33)31(34)35(27-7-4-8-28(37)30(27)29)22-5-3-6-23(15-22)36(38)39/h3,5-6,9-15,29H,4,7-8,17,34H2,1-2H3. The van der Waals surface area contributed by atoms with Crippen molar-refractivity contribution >= 4 is 33.1 Å². The molecule has 0 amide bonds. The quantitative estimate of drug-likeness (QED) is 0.243. The third-order valence-corrected chi connectivity index (χ3v) is 7.96. The number of hydrogen-bond acceptors (Lipinski definition) is 7. The second-order valence-corrected chi connectivity index (χ2v) is 10.9. The molecule has 9 heteroatoms. The zero-order chi connectivity index (χ0) is 28.6. The summed E-state index contributed by atoms with van der Waals surface area (Å²) in [5.74, 6) is 0.213. The molecule has 1 aliphatic carbocycles. The number of ether oxygens (including phenoxy) is 1. The highest BCUT2D eigenvalue weighted by molar-refractivity contribution is 9.10. The van der Waals surface area contributed by atoms with Gasteiger partial charge in [-0.15, -0.1) is 0 Å². The summed E-state index contributed by atoms with van der Waals surface area (Å²) < 4.78 is 7.03. The van der Waals surface area contributed by atoms with Gasteiger partial charge in [0, 0.05) is 34.3 Å². The first-order chi connectivity index (χ1) is 19.2. The van der Waals surface area contributed by atoms with Crippen molar-refractivity contribution in [1.82, 2.24) is 0 Å². The Morgan fingerprint density at radius 1 is 1.15 bits per heavy atom. The molecule has 3 aromatic rings. The van der Waals surface area contributed by atoms with Crippen LogP contribution < -0.4 is 15.4 Å². The summed E-state index contributed by atoms with van der Waals surface area (Å²) in [4.78, 5) is 26.2. The number of hydrogen-bond donors (Lipinski definition) is 1. The van der Waals surface area contributed by atoms with Crippen LogP contribution in [0.1, 0.15) is 47.4 Å². The normalized spacial score (nSPS) is 17.0. The zero-order valence-corrected chi connectivity index (χ0v) is 23.7. The van der Waals surface area contributed by atoms with E-state index in [0.717, 1.165) is 32.5 Å².